The number of esters is 1. The Bertz CT molecular complexity index is 1730. The highest BCUT2D eigenvalue weighted by Gasteiger charge is 2.35. The molecule has 0 amide bonds. The van der Waals surface area contributed by atoms with E-state index in [-0.39, 0.29) is 11.7 Å². The van der Waals surface area contributed by atoms with Crippen molar-refractivity contribution < 1.29 is 24.1 Å². The first-order chi connectivity index (χ1) is 22.1. The van der Waals surface area contributed by atoms with Crippen molar-refractivity contribution in [2.24, 2.45) is 0 Å². The lowest BCUT2D eigenvalue weighted by atomic mass is 9.92. The summed E-state index contributed by atoms with van der Waals surface area (Å²) >= 11 is 0. The van der Waals surface area contributed by atoms with Crippen LogP contribution in [0.15, 0.2) is 80.0 Å². The van der Waals surface area contributed by atoms with Gasteiger partial charge in [-0.15, -0.1) is 13.2 Å². The van der Waals surface area contributed by atoms with E-state index in [1.165, 1.54) is 7.11 Å². The summed E-state index contributed by atoms with van der Waals surface area (Å²) in [6.07, 6.45) is 6.49. The lowest BCUT2D eigenvalue weighted by Gasteiger charge is -2.41. The van der Waals surface area contributed by atoms with Crippen LogP contribution in [0.2, 0.25) is 0 Å². The van der Waals surface area contributed by atoms with Gasteiger partial charge in [0.25, 0.3) is 0 Å². The van der Waals surface area contributed by atoms with E-state index in [0.29, 0.717) is 25.3 Å². The number of nitrogens with zero attached hydrogens (tertiary/aromatic N) is 3. The minimum absolute atomic E-state index is 0.00187. The maximum absolute atomic E-state index is 12.7. The second-order valence-corrected chi connectivity index (χ2v) is 12.4. The van der Waals surface area contributed by atoms with Crippen LogP contribution in [0, 0.1) is 13.8 Å². The molecule has 46 heavy (non-hydrogen) atoms. The lowest BCUT2D eigenvalue weighted by Crippen LogP contribution is -2.45. The number of hydrogen-bond acceptors (Lipinski definition) is 7. The average molecular weight is 624 g/mol. The summed E-state index contributed by atoms with van der Waals surface area (Å²) in [5.41, 5.74) is 6.61. The molecule has 1 N–H and O–H groups in total. The van der Waals surface area contributed by atoms with Gasteiger partial charge < -0.3 is 24.2 Å². The number of rotatable bonds is 12. The van der Waals surface area contributed by atoms with Crippen LogP contribution in [0.5, 0.6) is 5.75 Å². The van der Waals surface area contributed by atoms with Crippen LogP contribution in [0.25, 0.3) is 28.0 Å². The van der Waals surface area contributed by atoms with Crippen molar-refractivity contribution in [3.05, 3.63) is 96.7 Å². The van der Waals surface area contributed by atoms with Gasteiger partial charge in [0, 0.05) is 42.4 Å². The molecule has 0 radical (unpaired) electrons. The summed E-state index contributed by atoms with van der Waals surface area (Å²) < 4.78 is 19.4. The molecule has 0 saturated carbocycles. The average Bonchev–Trinajstić information content (AvgIpc) is 3.47. The highest BCUT2D eigenvalue weighted by molar-refractivity contribution is 5.81. The van der Waals surface area contributed by atoms with E-state index >= 15 is 0 Å². The smallest absolute Gasteiger partial charge is 0.339 e. The van der Waals surface area contributed by atoms with Crippen LogP contribution in [-0.2, 0) is 14.3 Å². The zero-order valence-corrected chi connectivity index (χ0v) is 27.6. The predicted molar refractivity (Wildman–Crippen MR) is 183 cm³/mol. The number of aliphatic hydroxyl groups excluding tert-OH is 1. The molecule has 0 spiro atoms. The van der Waals surface area contributed by atoms with E-state index in [1.54, 1.807) is 6.08 Å². The van der Waals surface area contributed by atoms with Crippen molar-refractivity contribution >= 4 is 17.4 Å². The number of aromatic nitrogens is 2. The molecular formula is C38H45N3O5. The Labute approximate surface area is 271 Å². The SMILES string of the molecule is C=CCOC1(C)CCN(c2c([C@H](O)C(=O)OC)c(C)cc3nc(-c4cccc(-c5cc(C)ccc5O[C@@H](C)CC=C)c4)cn23)CC1. The molecule has 1 saturated heterocycles. The van der Waals surface area contributed by atoms with E-state index < -0.39 is 12.1 Å². The van der Waals surface area contributed by atoms with Gasteiger partial charge >= 0.3 is 5.97 Å². The van der Waals surface area contributed by atoms with Gasteiger partial charge in [-0.25, -0.2) is 9.78 Å². The molecular weight excluding hydrogens is 578 g/mol. The molecule has 8 heteroatoms. The minimum atomic E-state index is -1.44. The summed E-state index contributed by atoms with van der Waals surface area (Å²) in [7, 11) is 1.29. The topological polar surface area (TPSA) is 85.5 Å². The van der Waals surface area contributed by atoms with E-state index in [2.05, 4.69) is 56.2 Å². The second-order valence-electron chi connectivity index (χ2n) is 12.4. The summed E-state index contributed by atoms with van der Waals surface area (Å²) in [5.74, 6) is 0.853. The number of aryl methyl sites for hydroxylation is 2. The standard InChI is InChI=1S/C38H45N3O5/c1-8-11-27(5)46-32-15-14-25(3)21-30(32)28-12-10-13-29(23-28)31-24-41-33(39-31)22-26(4)34(35(42)37(43)44-7)36(41)40-18-16-38(6,17-19-40)45-20-9-2/h8-10,12-15,21-24,27,35,42H,1-2,11,16-20H2,3-7H3/t27-,35-/m0/s1. The molecule has 2 aromatic heterocycles. The Morgan fingerprint density at radius 2 is 1.83 bits per heavy atom. The number of hydrogen-bond donors (Lipinski definition) is 1. The van der Waals surface area contributed by atoms with Gasteiger partial charge in [0.1, 0.15) is 17.2 Å². The summed E-state index contributed by atoms with van der Waals surface area (Å²) in [4.78, 5) is 19.9. The molecule has 4 aromatic rings. The zero-order chi connectivity index (χ0) is 33.0. The molecule has 1 aliphatic rings. The number of piperidine rings is 1. The first-order valence-corrected chi connectivity index (χ1v) is 15.8. The third kappa shape index (κ3) is 6.88. The highest BCUT2D eigenvalue weighted by Crippen LogP contribution is 2.38. The molecule has 0 bridgehead atoms. The van der Waals surface area contributed by atoms with Gasteiger partial charge in [-0.1, -0.05) is 42.0 Å². The van der Waals surface area contributed by atoms with E-state index in [0.717, 1.165) is 70.0 Å². The lowest BCUT2D eigenvalue weighted by molar-refractivity contribution is -0.150. The van der Waals surface area contributed by atoms with E-state index in [4.69, 9.17) is 19.2 Å². The van der Waals surface area contributed by atoms with Crippen LogP contribution in [0.3, 0.4) is 0 Å². The molecule has 0 aliphatic carbocycles. The normalized spacial score (nSPS) is 15.7. The Morgan fingerprint density at radius 1 is 1.09 bits per heavy atom. The predicted octanol–water partition coefficient (Wildman–Crippen LogP) is 7.40. The van der Waals surface area contributed by atoms with Crippen LogP contribution in [0.4, 0.5) is 5.82 Å². The van der Waals surface area contributed by atoms with Crippen LogP contribution in [-0.4, -0.2) is 59.0 Å². The first kappa shape index (κ1) is 33.0. The van der Waals surface area contributed by atoms with Crippen molar-refractivity contribution in [2.45, 2.75) is 64.8 Å². The summed E-state index contributed by atoms with van der Waals surface area (Å²) in [6, 6.07) is 16.4. The Kier molecular flexibility index (Phi) is 9.99. The largest absolute Gasteiger partial charge is 0.490 e. The number of carbonyl (C=O) groups is 1. The fourth-order valence-corrected chi connectivity index (χ4v) is 6.19. The molecule has 8 nitrogen and oxygen atoms in total. The third-order valence-corrected chi connectivity index (χ3v) is 8.77. The van der Waals surface area contributed by atoms with E-state index in [9.17, 15) is 9.90 Å². The van der Waals surface area contributed by atoms with Crippen LogP contribution >= 0.6 is 0 Å². The maximum atomic E-state index is 12.7. The van der Waals surface area contributed by atoms with Gasteiger partial charge in [-0.05, 0) is 75.9 Å². The minimum Gasteiger partial charge on any atom is -0.490 e. The number of methoxy groups -OCH3 is 1. The Hall–Kier alpha value is -4.40. The summed E-state index contributed by atoms with van der Waals surface area (Å²) in [6.45, 7) is 17.6. The van der Waals surface area contributed by atoms with Crippen molar-refractivity contribution in [2.75, 3.05) is 31.7 Å². The van der Waals surface area contributed by atoms with Crippen LogP contribution in [0.1, 0.15) is 55.9 Å². The maximum Gasteiger partial charge on any atom is 0.339 e. The number of carbonyl (C=O) groups excluding carboxylic acids is 1. The molecule has 2 atom stereocenters. The number of benzene rings is 2. The first-order valence-electron chi connectivity index (χ1n) is 15.8. The van der Waals surface area contributed by atoms with Gasteiger partial charge in [-0.3, -0.25) is 4.40 Å². The molecule has 0 unspecified atom stereocenters. The molecule has 1 fully saturated rings. The van der Waals surface area contributed by atoms with Gasteiger partial charge in [0.05, 0.1) is 31.1 Å². The van der Waals surface area contributed by atoms with Gasteiger partial charge in [-0.2, -0.15) is 0 Å². The number of aliphatic hydroxyl groups is 1. The Balaban J connectivity index is 1.59. The molecule has 2 aromatic carbocycles. The monoisotopic (exact) mass is 623 g/mol. The number of imidazole rings is 1. The van der Waals surface area contributed by atoms with Crippen molar-refractivity contribution in [1.29, 1.82) is 0 Å². The zero-order valence-electron chi connectivity index (χ0n) is 27.6. The second kappa shape index (κ2) is 13.9. The number of pyridine rings is 1. The van der Waals surface area contributed by atoms with Gasteiger partial charge in [0.2, 0.25) is 0 Å². The third-order valence-electron chi connectivity index (χ3n) is 8.77. The van der Waals surface area contributed by atoms with Crippen LogP contribution < -0.4 is 9.64 Å². The molecule has 5 rings (SSSR count). The molecule has 242 valence electrons. The van der Waals surface area contributed by atoms with E-state index in [1.807, 2.05) is 54.8 Å². The number of fused-ring (bicyclic) bond motifs is 1. The fraction of sp³-hybridized carbons (Fsp3) is 0.368. The van der Waals surface area contributed by atoms with Crippen molar-refractivity contribution in [3.63, 3.8) is 0 Å². The quantitative estimate of drug-likeness (QED) is 0.130. The van der Waals surface area contributed by atoms with Crippen molar-refractivity contribution in [1.82, 2.24) is 9.38 Å². The summed E-state index contributed by atoms with van der Waals surface area (Å²) in [5, 5.41) is 11.2. The fourth-order valence-electron chi connectivity index (χ4n) is 6.19. The molecule has 3 heterocycles. The van der Waals surface area contributed by atoms with Gasteiger partial charge in [0.15, 0.2) is 6.10 Å². The highest BCUT2D eigenvalue weighted by atomic mass is 16.5. The number of anilines is 1. The Morgan fingerprint density at radius 3 is 2.52 bits per heavy atom. The number of ether oxygens (including phenoxy) is 3. The molecule has 1 aliphatic heterocycles. The van der Waals surface area contributed by atoms with Crippen molar-refractivity contribution in [3.8, 4) is 28.1 Å².